The molecule has 1 fully saturated rings. The molecule has 1 aromatic rings. The minimum Gasteiger partial charge on any atom is -0.481 e. The Kier molecular flexibility index (Phi) is 4.34. The number of aliphatic carboxylic acids is 1. The van der Waals surface area contributed by atoms with Gasteiger partial charge in [0.05, 0.1) is 17.7 Å². The largest absolute Gasteiger partial charge is 0.481 e. The third kappa shape index (κ3) is 3.09. The number of rotatable bonds is 4. The van der Waals surface area contributed by atoms with Crippen LogP contribution in [0.1, 0.15) is 54.7 Å². The molecule has 1 heterocycles. The molecule has 1 aliphatic rings. The molecule has 116 valence electrons. The normalized spacial score (nSPS) is 17.5. The summed E-state index contributed by atoms with van der Waals surface area (Å²) >= 11 is 0. The van der Waals surface area contributed by atoms with Crippen molar-refractivity contribution in [3.63, 3.8) is 0 Å². The van der Waals surface area contributed by atoms with Gasteiger partial charge in [0, 0.05) is 14.1 Å². The summed E-state index contributed by atoms with van der Waals surface area (Å²) in [5, 5.41) is 13.4. The van der Waals surface area contributed by atoms with Crippen molar-refractivity contribution in [1.29, 1.82) is 0 Å². The fraction of sp³-hybridized carbons (Fsp3) is 0.667. The van der Waals surface area contributed by atoms with Gasteiger partial charge in [0.25, 0.3) is 5.91 Å². The zero-order valence-corrected chi connectivity index (χ0v) is 12.9. The van der Waals surface area contributed by atoms with Crippen LogP contribution in [-0.2, 0) is 11.8 Å². The number of aromatic nitrogens is 2. The number of carbonyl (C=O) groups is 2. The Labute approximate surface area is 124 Å². The zero-order chi connectivity index (χ0) is 15.6. The third-order valence-electron chi connectivity index (χ3n) is 4.50. The number of carboxylic acid groups (broad SMARTS) is 1. The molecular formula is C15H23N3O3. The summed E-state index contributed by atoms with van der Waals surface area (Å²) in [4.78, 5) is 25.6. The first-order valence-corrected chi connectivity index (χ1v) is 7.36. The summed E-state index contributed by atoms with van der Waals surface area (Å²) in [6.45, 7) is 1.84. The molecule has 0 unspecified atom stereocenters. The number of amides is 1. The lowest BCUT2D eigenvalue weighted by atomic mass is 9.78. The van der Waals surface area contributed by atoms with E-state index in [0.717, 1.165) is 37.8 Å². The van der Waals surface area contributed by atoms with Crippen LogP contribution in [0.3, 0.4) is 0 Å². The highest BCUT2D eigenvalue weighted by molar-refractivity contribution is 5.93. The first-order chi connectivity index (χ1) is 9.85. The lowest BCUT2D eigenvalue weighted by Crippen LogP contribution is -2.52. The highest BCUT2D eigenvalue weighted by Crippen LogP contribution is 2.36. The summed E-state index contributed by atoms with van der Waals surface area (Å²) < 4.78 is 1.56. The summed E-state index contributed by atoms with van der Waals surface area (Å²) in [5.41, 5.74) is 0.717. The first-order valence-electron chi connectivity index (χ1n) is 7.36. The van der Waals surface area contributed by atoms with E-state index in [2.05, 4.69) is 5.10 Å². The number of carbonyl (C=O) groups excluding carboxylic acids is 1. The number of aryl methyl sites for hydroxylation is 2. The Morgan fingerprint density at radius 3 is 2.48 bits per heavy atom. The molecule has 0 aliphatic heterocycles. The molecule has 1 aliphatic carbocycles. The smallest absolute Gasteiger partial charge is 0.305 e. The summed E-state index contributed by atoms with van der Waals surface area (Å²) in [5.74, 6) is -1.00. The lowest BCUT2D eigenvalue weighted by molar-refractivity contribution is -0.140. The van der Waals surface area contributed by atoms with Crippen LogP contribution in [0.25, 0.3) is 0 Å². The van der Waals surface area contributed by atoms with E-state index in [1.165, 1.54) is 0 Å². The van der Waals surface area contributed by atoms with Crippen LogP contribution in [0.15, 0.2) is 6.07 Å². The minimum absolute atomic E-state index is 0.00603. The second-order valence-corrected chi connectivity index (χ2v) is 6.01. The van der Waals surface area contributed by atoms with Crippen LogP contribution in [0.2, 0.25) is 0 Å². The Balaban J connectivity index is 2.29. The van der Waals surface area contributed by atoms with Gasteiger partial charge >= 0.3 is 5.97 Å². The van der Waals surface area contributed by atoms with Crippen molar-refractivity contribution in [2.24, 2.45) is 7.05 Å². The van der Waals surface area contributed by atoms with Gasteiger partial charge in [0.15, 0.2) is 0 Å². The van der Waals surface area contributed by atoms with Crippen LogP contribution in [0.5, 0.6) is 0 Å². The van der Waals surface area contributed by atoms with Crippen molar-refractivity contribution in [2.45, 2.75) is 51.0 Å². The monoisotopic (exact) mass is 293 g/mol. The van der Waals surface area contributed by atoms with Crippen molar-refractivity contribution in [2.75, 3.05) is 7.05 Å². The maximum atomic E-state index is 12.7. The molecule has 1 saturated carbocycles. The summed E-state index contributed by atoms with van der Waals surface area (Å²) in [6.07, 6.45) is 4.54. The third-order valence-corrected chi connectivity index (χ3v) is 4.50. The summed E-state index contributed by atoms with van der Waals surface area (Å²) in [7, 11) is 3.46. The Hall–Kier alpha value is -1.85. The fourth-order valence-corrected chi connectivity index (χ4v) is 3.32. The van der Waals surface area contributed by atoms with Gasteiger partial charge in [-0.25, -0.2) is 0 Å². The van der Waals surface area contributed by atoms with E-state index in [1.54, 1.807) is 29.7 Å². The molecule has 21 heavy (non-hydrogen) atoms. The predicted molar refractivity (Wildman–Crippen MR) is 78.1 cm³/mol. The number of hydrogen-bond donors (Lipinski definition) is 1. The van der Waals surface area contributed by atoms with Gasteiger partial charge in [-0.3, -0.25) is 14.3 Å². The van der Waals surface area contributed by atoms with Gasteiger partial charge in [0.1, 0.15) is 5.69 Å². The number of hydrogen-bond acceptors (Lipinski definition) is 3. The second-order valence-electron chi connectivity index (χ2n) is 6.01. The SMILES string of the molecule is Cc1cc(C(=O)N(C)C2(CC(=O)O)CCCCC2)n(C)n1. The van der Waals surface area contributed by atoms with Gasteiger partial charge < -0.3 is 10.0 Å². The van der Waals surface area contributed by atoms with Gasteiger partial charge in [-0.2, -0.15) is 5.10 Å². The molecule has 0 aromatic carbocycles. The van der Waals surface area contributed by atoms with E-state index in [9.17, 15) is 14.7 Å². The fourth-order valence-electron chi connectivity index (χ4n) is 3.32. The van der Waals surface area contributed by atoms with Crippen molar-refractivity contribution >= 4 is 11.9 Å². The van der Waals surface area contributed by atoms with E-state index in [0.29, 0.717) is 5.69 Å². The maximum Gasteiger partial charge on any atom is 0.305 e. The molecule has 6 heteroatoms. The highest BCUT2D eigenvalue weighted by Gasteiger charge is 2.41. The molecule has 0 spiro atoms. The molecule has 6 nitrogen and oxygen atoms in total. The Bertz CT molecular complexity index is 544. The number of carboxylic acids is 1. The topological polar surface area (TPSA) is 75.4 Å². The lowest BCUT2D eigenvalue weighted by Gasteiger charge is -2.43. The van der Waals surface area contributed by atoms with Gasteiger partial charge in [0.2, 0.25) is 0 Å². The molecule has 0 saturated heterocycles. The van der Waals surface area contributed by atoms with Crippen LogP contribution in [-0.4, -0.2) is 44.3 Å². The van der Waals surface area contributed by atoms with Gasteiger partial charge in [-0.1, -0.05) is 19.3 Å². The Morgan fingerprint density at radius 1 is 1.38 bits per heavy atom. The van der Waals surface area contributed by atoms with Crippen LogP contribution >= 0.6 is 0 Å². The van der Waals surface area contributed by atoms with E-state index < -0.39 is 11.5 Å². The molecule has 1 amide bonds. The van der Waals surface area contributed by atoms with Crippen LogP contribution in [0, 0.1) is 6.92 Å². The zero-order valence-electron chi connectivity index (χ0n) is 12.9. The average Bonchev–Trinajstić information content (AvgIpc) is 2.76. The van der Waals surface area contributed by atoms with Crippen molar-refractivity contribution in [3.05, 3.63) is 17.5 Å². The molecule has 2 rings (SSSR count). The van der Waals surface area contributed by atoms with Crippen molar-refractivity contribution in [3.8, 4) is 0 Å². The van der Waals surface area contributed by atoms with E-state index >= 15 is 0 Å². The standard InChI is InChI=1S/C15H23N3O3/c1-11-9-12(18(3)16-11)14(21)17(2)15(10-13(19)20)7-5-4-6-8-15/h9H,4-8,10H2,1-3H3,(H,19,20). The molecular weight excluding hydrogens is 270 g/mol. The average molecular weight is 293 g/mol. The van der Waals surface area contributed by atoms with Gasteiger partial charge in [-0.15, -0.1) is 0 Å². The number of nitrogens with zero attached hydrogens (tertiary/aromatic N) is 3. The minimum atomic E-state index is -0.849. The molecule has 1 aromatic heterocycles. The van der Waals surface area contributed by atoms with Gasteiger partial charge in [-0.05, 0) is 25.8 Å². The van der Waals surface area contributed by atoms with Crippen molar-refractivity contribution in [1.82, 2.24) is 14.7 Å². The van der Waals surface area contributed by atoms with Crippen LogP contribution < -0.4 is 0 Å². The summed E-state index contributed by atoms with van der Waals surface area (Å²) in [6, 6.07) is 1.75. The maximum absolute atomic E-state index is 12.7. The predicted octanol–water partition coefficient (Wildman–Crippen LogP) is 1.98. The van der Waals surface area contributed by atoms with E-state index in [-0.39, 0.29) is 12.3 Å². The van der Waals surface area contributed by atoms with E-state index in [1.807, 2.05) is 6.92 Å². The van der Waals surface area contributed by atoms with E-state index in [4.69, 9.17) is 0 Å². The molecule has 0 radical (unpaired) electrons. The molecule has 1 N–H and O–H groups in total. The van der Waals surface area contributed by atoms with Crippen LogP contribution in [0.4, 0.5) is 0 Å². The highest BCUT2D eigenvalue weighted by atomic mass is 16.4. The Morgan fingerprint density at radius 2 is 2.00 bits per heavy atom. The molecule has 0 atom stereocenters. The first kappa shape index (κ1) is 15.5. The second kappa shape index (κ2) is 5.87. The van der Waals surface area contributed by atoms with Crippen molar-refractivity contribution < 1.29 is 14.7 Å². The quantitative estimate of drug-likeness (QED) is 0.921. The molecule has 0 bridgehead atoms.